The Balaban J connectivity index is 0.000000642. The topological polar surface area (TPSA) is 0 Å². The van der Waals surface area contributed by atoms with Gasteiger partial charge < -0.3 is 13.8 Å². The fourth-order valence-corrected chi connectivity index (χ4v) is 4.90. The van der Waals surface area contributed by atoms with Crippen LogP contribution >= 0.6 is 0 Å². The molecule has 223 valence electrons. The summed E-state index contributed by atoms with van der Waals surface area (Å²) in [5.41, 5.74) is 8.87. The second-order valence-corrected chi connectivity index (χ2v) is 11.9. The Hall–Kier alpha value is -1.54. The summed E-state index contributed by atoms with van der Waals surface area (Å²) in [5, 5.41) is 5.77. The van der Waals surface area contributed by atoms with Gasteiger partial charge in [0.2, 0.25) is 0 Å². The van der Waals surface area contributed by atoms with E-state index in [0.717, 1.165) is 12.8 Å². The van der Waals surface area contributed by atoms with E-state index in [1.165, 1.54) is 54.9 Å². The molecule has 4 aromatic carbocycles. The molecule has 0 unspecified atom stereocenters. The zero-order valence-electron chi connectivity index (χ0n) is 28.1. The Morgan fingerprint density at radius 3 is 1.12 bits per heavy atom. The SMILES string of the molecule is CCc1cc2c(C(C)C)cc(C(C)C)cc2[cH-]1.CCc1cc2c(C(C)C)cc(C(C)C)cc2[cH-]1.C[CH-]C.[CH3-].[SiH2]=[V]. The molecule has 0 amide bonds. The van der Waals surface area contributed by atoms with Crippen LogP contribution in [0.1, 0.15) is 140 Å². The van der Waals surface area contributed by atoms with Crippen LogP contribution in [0.2, 0.25) is 0 Å². The normalized spacial score (nSPS) is 10.7. The van der Waals surface area contributed by atoms with Crippen molar-refractivity contribution in [3.8, 4) is 0 Å². The fraction of sp³-hybridized carbons (Fsp3) is 0.474. The summed E-state index contributed by atoms with van der Waals surface area (Å²) in [5.74, 6) is 2.42. The molecule has 4 rings (SSSR count). The zero-order valence-corrected chi connectivity index (χ0v) is 30.9. The van der Waals surface area contributed by atoms with Crippen LogP contribution in [0.3, 0.4) is 0 Å². The van der Waals surface area contributed by atoms with Gasteiger partial charge in [0.15, 0.2) is 0 Å². The van der Waals surface area contributed by atoms with Gasteiger partial charge in [-0.3, -0.25) is 0 Å². The predicted octanol–water partition coefficient (Wildman–Crippen LogP) is 11.5. The molecule has 0 heterocycles. The number of benzene rings is 2. The van der Waals surface area contributed by atoms with E-state index >= 15 is 0 Å². The Morgan fingerprint density at radius 2 is 0.900 bits per heavy atom. The predicted molar refractivity (Wildman–Crippen MR) is 185 cm³/mol. The minimum absolute atomic E-state index is 0. The van der Waals surface area contributed by atoms with Crippen molar-refractivity contribution in [3.05, 3.63) is 95.8 Å². The third kappa shape index (κ3) is 10.4. The number of hydrogen-bond donors (Lipinski definition) is 0. The Kier molecular flexibility index (Phi) is 18.1. The first-order valence-electron chi connectivity index (χ1n) is 15.0. The molecule has 0 nitrogen and oxygen atoms in total. The monoisotopic (exact) mass is 593 g/mol. The summed E-state index contributed by atoms with van der Waals surface area (Å²) in [4.78, 5) is 0. The zero-order chi connectivity index (χ0) is 29.9. The van der Waals surface area contributed by atoms with Crippen molar-refractivity contribution in [2.45, 2.75) is 120 Å². The van der Waals surface area contributed by atoms with E-state index in [0.29, 0.717) is 23.7 Å². The van der Waals surface area contributed by atoms with Crippen LogP contribution in [0.4, 0.5) is 0 Å². The van der Waals surface area contributed by atoms with Crippen LogP contribution < -0.4 is 0 Å². The van der Waals surface area contributed by atoms with E-state index in [1.807, 2.05) is 20.3 Å². The van der Waals surface area contributed by atoms with E-state index in [4.69, 9.17) is 0 Å². The quantitative estimate of drug-likeness (QED) is 0.154. The maximum atomic E-state index is 2.40. The molecule has 0 aliphatic heterocycles. The van der Waals surface area contributed by atoms with Crippen LogP contribution in [0.15, 0.2) is 48.5 Å². The van der Waals surface area contributed by atoms with Crippen molar-refractivity contribution in [2.24, 2.45) is 0 Å². The molecule has 0 N–H and O–H groups in total. The van der Waals surface area contributed by atoms with E-state index in [1.54, 1.807) is 8.15 Å². The fourth-order valence-electron chi connectivity index (χ4n) is 4.90. The van der Waals surface area contributed by atoms with E-state index in [-0.39, 0.29) is 7.43 Å². The number of hydrogen-bond acceptors (Lipinski definition) is 0. The first kappa shape index (κ1) is 38.5. The van der Waals surface area contributed by atoms with Crippen LogP contribution in [0.25, 0.3) is 21.5 Å². The number of aryl methyl sites for hydroxylation is 2. The van der Waals surface area contributed by atoms with Gasteiger partial charge in [-0.1, -0.05) is 104 Å². The second kappa shape index (κ2) is 18.8. The summed E-state index contributed by atoms with van der Waals surface area (Å²) in [6.07, 6.45) is 4.26. The van der Waals surface area contributed by atoms with Crippen LogP contribution in [0.5, 0.6) is 0 Å². The minimum atomic E-state index is 0. The second-order valence-electron chi connectivity index (χ2n) is 11.9. The van der Waals surface area contributed by atoms with E-state index in [9.17, 15) is 0 Å². The third-order valence-electron chi connectivity index (χ3n) is 7.27. The average Bonchev–Trinajstić information content (AvgIpc) is 3.52. The molecule has 4 aromatic rings. The Morgan fingerprint density at radius 1 is 0.600 bits per heavy atom. The van der Waals surface area contributed by atoms with Crippen molar-refractivity contribution in [2.75, 3.05) is 0 Å². The summed E-state index contributed by atoms with van der Waals surface area (Å²) < 4.78 is 0. The van der Waals surface area contributed by atoms with Gasteiger partial charge in [-0.25, -0.2) is 0 Å². The van der Waals surface area contributed by atoms with Gasteiger partial charge in [0.1, 0.15) is 0 Å². The maximum absolute atomic E-state index is 2.40. The van der Waals surface area contributed by atoms with Crippen molar-refractivity contribution in [1.29, 1.82) is 0 Å². The Bertz CT molecular complexity index is 1170. The number of fused-ring (bicyclic) bond motifs is 2. The van der Waals surface area contributed by atoms with Gasteiger partial charge in [-0.05, 0) is 36.5 Å². The van der Waals surface area contributed by atoms with Crippen molar-refractivity contribution >= 4 is 29.7 Å². The summed E-state index contributed by atoms with van der Waals surface area (Å²) in [7, 11) is 1.80. The summed E-state index contributed by atoms with van der Waals surface area (Å²) >= 11 is 2.34. The van der Waals surface area contributed by atoms with Gasteiger partial charge in [-0.15, -0.1) is 56.9 Å². The standard InChI is InChI=1S/2C17H23.C3H7.CH3.H2Si.V/c2*1-6-13-7-15-9-14(11(2)3)10-16(12(4)5)17(15)8-13;1-3-2;;;/h2*7-12H,6H2,1-5H3;3H,1-2H3;1H3;1H2;/q4*-1;;. The van der Waals surface area contributed by atoms with Crippen LogP contribution in [-0.4, -0.2) is 8.15 Å². The first-order chi connectivity index (χ1) is 18.5. The third-order valence-corrected chi connectivity index (χ3v) is 7.27. The molecule has 0 saturated heterocycles. The summed E-state index contributed by atoms with van der Waals surface area (Å²) in [6.45, 7) is 26.7. The Labute approximate surface area is 260 Å². The first-order valence-corrected chi connectivity index (χ1v) is 18.6. The van der Waals surface area contributed by atoms with Gasteiger partial charge >= 0.3 is 24.4 Å². The van der Waals surface area contributed by atoms with Crippen LogP contribution in [0, 0.1) is 13.8 Å². The molecule has 0 spiro atoms. The van der Waals surface area contributed by atoms with Crippen molar-refractivity contribution in [1.82, 2.24) is 0 Å². The molecule has 0 aliphatic carbocycles. The van der Waals surface area contributed by atoms with Crippen molar-refractivity contribution < 1.29 is 16.3 Å². The van der Waals surface area contributed by atoms with Gasteiger partial charge in [-0.2, -0.15) is 26.0 Å². The molecular weight excluding hydrogens is 535 g/mol. The molecule has 0 atom stereocenters. The molecular formula is C38H58SiV-4. The number of rotatable bonds is 6. The molecule has 0 saturated carbocycles. The molecule has 0 aliphatic rings. The molecule has 40 heavy (non-hydrogen) atoms. The van der Waals surface area contributed by atoms with Crippen LogP contribution in [-0.2, 0) is 29.1 Å². The van der Waals surface area contributed by atoms with Gasteiger partial charge in [0, 0.05) is 0 Å². The molecule has 0 fully saturated rings. The molecule has 0 radical (unpaired) electrons. The summed E-state index contributed by atoms with van der Waals surface area (Å²) in [6, 6.07) is 19.0. The molecule has 2 heteroatoms. The van der Waals surface area contributed by atoms with Gasteiger partial charge in [0.05, 0.1) is 0 Å². The van der Waals surface area contributed by atoms with E-state index in [2.05, 4.69) is 134 Å². The van der Waals surface area contributed by atoms with E-state index < -0.39 is 0 Å². The molecule has 0 aromatic heterocycles. The van der Waals surface area contributed by atoms with Gasteiger partial charge in [0.25, 0.3) is 0 Å². The van der Waals surface area contributed by atoms with Crippen molar-refractivity contribution in [3.63, 3.8) is 0 Å². The average molecular weight is 594 g/mol. The molecule has 0 bridgehead atoms.